The van der Waals surface area contributed by atoms with E-state index >= 15 is 0 Å². The summed E-state index contributed by atoms with van der Waals surface area (Å²) in [5.41, 5.74) is 0.585. The van der Waals surface area contributed by atoms with Crippen LogP contribution in [0.2, 0.25) is 0 Å². The van der Waals surface area contributed by atoms with Crippen molar-refractivity contribution in [3.05, 3.63) is 83.2 Å². The molecule has 0 N–H and O–H groups in total. The molecule has 0 saturated heterocycles. The molecule has 1 atom stereocenters. The lowest BCUT2D eigenvalue weighted by molar-refractivity contribution is -0.137. The molecule has 3 aromatic rings. The Hall–Kier alpha value is -3.29. The van der Waals surface area contributed by atoms with Crippen LogP contribution in [0.5, 0.6) is 11.5 Å². The first-order chi connectivity index (χ1) is 15.8. The molecule has 0 heterocycles. The number of halogens is 6. The van der Waals surface area contributed by atoms with E-state index in [4.69, 9.17) is 4.74 Å². The number of carbonyl (C=O) groups is 1. The van der Waals surface area contributed by atoms with Crippen LogP contribution in [0.25, 0.3) is 11.1 Å². The summed E-state index contributed by atoms with van der Waals surface area (Å²) in [5, 5.41) is 0. The van der Waals surface area contributed by atoms with Crippen molar-refractivity contribution in [3.8, 4) is 22.6 Å². The molecule has 0 bridgehead atoms. The maximum absolute atomic E-state index is 13.6. The monoisotopic (exact) mass is 480 g/mol. The van der Waals surface area contributed by atoms with Crippen molar-refractivity contribution in [3.63, 3.8) is 0 Å². The number of alkyl halides is 3. The molecule has 2 nitrogen and oxygen atoms in total. The van der Waals surface area contributed by atoms with Gasteiger partial charge in [0, 0.05) is 18.1 Å². The highest BCUT2D eigenvalue weighted by Gasteiger charge is 2.30. The number of benzene rings is 3. The van der Waals surface area contributed by atoms with Crippen LogP contribution in [0.1, 0.15) is 44.2 Å². The molecule has 0 saturated carbocycles. The molecule has 0 aliphatic carbocycles. The summed E-state index contributed by atoms with van der Waals surface area (Å²) in [7, 11) is 0. The minimum absolute atomic E-state index is 0.0906. The van der Waals surface area contributed by atoms with Crippen molar-refractivity contribution >= 4 is 5.78 Å². The van der Waals surface area contributed by atoms with E-state index in [1.165, 1.54) is 31.2 Å². The fourth-order valence-electron chi connectivity index (χ4n) is 3.64. The standard InChI is InChI=1S/C26H22F6O2/c1-14(2)8-22(15(3)33)18-9-17(16-4-6-19(7-5-16)26(30,31)32)10-20(11-18)34-21-12-23(27)25(29)24(28)13-21/h4-7,9-14,22H,8H2,1-3H3. The molecular weight excluding hydrogens is 458 g/mol. The van der Waals surface area contributed by atoms with Gasteiger partial charge in [0.15, 0.2) is 17.5 Å². The molecule has 0 aliphatic heterocycles. The van der Waals surface area contributed by atoms with Crippen LogP contribution in [-0.4, -0.2) is 5.78 Å². The Kier molecular flexibility index (Phi) is 7.38. The lowest BCUT2D eigenvalue weighted by Gasteiger charge is -2.19. The average molecular weight is 480 g/mol. The Bertz CT molecular complexity index is 1160. The largest absolute Gasteiger partial charge is 0.457 e. The zero-order chi connectivity index (χ0) is 25.2. The lowest BCUT2D eigenvalue weighted by atomic mass is 9.86. The number of Topliss-reactive ketones (excluding diaryl/α,β-unsaturated/α-hetero) is 1. The summed E-state index contributed by atoms with van der Waals surface area (Å²) in [6, 6.07) is 10.5. The molecule has 0 radical (unpaired) electrons. The Morgan fingerprint density at radius 3 is 1.91 bits per heavy atom. The number of ether oxygens (including phenoxy) is 1. The predicted molar refractivity (Wildman–Crippen MR) is 116 cm³/mol. The van der Waals surface area contributed by atoms with E-state index in [9.17, 15) is 31.1 Å². The summed E-state index contributed by atoms with van der Waals surface area (Å²) in [6.45, 7) is 5.32. The molecule has 0 fully saturated rings. The van der Waals surface area contributed by atoms with Crippen LogP contribution in [0.3, 0.4) is 0 Å². The van der Waals surface area contributed by atoms with Crippen molar-refractivity contribution in [2.75, 3.05) is 0 Å². The van der Waals surface area contributed by atoms with Gasteiger partial charge in [-0.1, -0.05) is 32.0 Å². The van der Waals surface area contributed by atoms with E-state index in [0.29, 0.717) is 35.2 Å². The lowest BCUT2D eigenvalue weighted by Crippen LogP contribution is -2.12. The second-order valence-electron chi connectivity index (χ2n) is 8.46. The minimum atomic E-state index is -4.50. The summed E-state index contributed by atoms with van der Waals surface area (Å²) in [4.78, 5) is 12.4. The highest BCUT2D eigenvalue weighted by Crippen LogP contribution is 2.36. The summed E-state index contributed by atoms with van der Waals surface area (Å²) in [5.74, 6) is -5.22. The van der Waals surface area contributed by atoms with E-state index < -0.39 is 35.1 Å². The molecule has 0 spiro atoms. The molecule has 34 heavy (non-hydrogen) atoms. The topological polar surface area (TPSA) is 26.3 Å². The number of hydrogen-bond donors (Lipinski definition) is 0. The van der Waals surface area contributed by atoms with E-state index in [-0.39, 0.29) is 23.2 Å². The van der Waals surface area contributed by atoms with Gasteiger partial charge >= 0.3 is 6.18 Å². The zero-order valence-electron chi connectivity index (χ0n) is 18.6. The van der Waals surface area contributed by atoms with E-state index in [0.717, 1.165) is 12.1 Å². The third-order valence-electron chi connectivity index (χ3n) is 5.27. The quantitative estimate of drug-likeness (QED) is 0.251. The summed E-state index contributed by atoms with van der Waals surface area (Å²) >= 11 is 0. The zero-order valence-corrected chi connectivity index (χ0v) is 18.6. The predicted octanol–water partition coefficient (Wildman–Crippen LogP) is 8.30. The van der Waals surface area contributed by atoms with Gasteiger partial charge in [0.1, 0.15) is 17.3 Å². The smallest absolute Gasteiger partial charge is 0.416 e. The van der Waals surface area contributed by atoms with Gasteiger partial charge in [0.05, 0.1) is 5.56 Å². The Balaban J connectivity index is 2.10. The molecule has 0 amide bonds. The van der Waals surface area contributed by atoms with Crippen LogP contribution in [0.4, 0.5) is 26.3 Å². The second-order valence-corrected chi connectivity index (χ2v) is 8.46. The van der Waals surface area contributed by atoms with Gasteiger partial charge in [-0.2, -0.15) is 13.2 Å². The first kappa shape index (κ1) is 25.3. The van der Waals surface area contributed by atoms with Crippen LogP contribution in [0.15, 0.2) is 54.6 Å². The number of hydrogen-bond acceptors (Lipinski definition) is 2. The number of ketones is 1. The van der Waals surface area contributed by atoms with Crippen LogP contribution >= 0.6 is 0 Å². The average Bonchev–Trinajstić information content (AvgIpc) is 2.74. The normalized spacial score (nSPS) is 12.6. The first-order valence-electron chi connectivity index (χ1n) is 10.5. The van der Waals surface area contributed by atoms with Gasteiger partial charge in [-0.3, -0.25) is 4.79 Å². The van der Waals surface area contributed by atoms with Crippen LogP contribution in [-0.2, 0) is 11.0 Å². The Morgan fingerprint density at radius 2 is 1.41 bits per heavy atom. The Morgan fingerprint density at radius 1 is 0.853 bits per heavy atom. The summed E-state index contributed by atoms with van der Waals surface area (Å²) in [6.07, 6.45) is -3.99. The maximum Gasteiger partial charge on any atom is 0.416 e. The molecule has 180 valence electrons. The number of rotatable bonds is 7. The van der Waals surface area contributed by atoms with Gasteiger partial charge < -0.3 is 4.74 Å². The Labute approximate surface area is 193 Å². The van der Waals surface area contributed by atoms with Gasteiger partial charge in [-0.05, 0) is 60.2 Å². The molecule has 8 heteroatoms. The molecule has 3 rings (SSSR count). The maximum atomic E-state index is 13.6. The van der Waals surface area contributed by atoms with Gasteiger partial charge in [-0.25, -0.2) is 13.2 Å². The fraction of sp³-hybridized carbons (Fsp3) is 0.269. The van der Waals surface area contributed by atoms with Gasteiger partial charge in [0.25, 0.3) is 0 Å². The van der Waals surface area contributed by atoms with Crippen molar-refractivity contribution in [2.45, 2.75) is 39.3 Å². The summed E-state index contributed by atoms with van der Waals surface area (Å²) < 4.78 is 85.0. The molecule has 3 aromatic carbocycles. The van der Waals surface area contributed by atoms with Crippen LogP contribution < -0.4 is 4.74 Å². The third kappa shape index (κ3) is 5.98. The van der Waals surface area contributed by atoms with E-state index in [2.05, 4.69) is 0 Å². The van der Waals surface area contributed by atoms with Crippen molar-refractivity contribution in [1.29, 1.82) is 0 Å². The van der Waals surface area contributed by atoms with Gasteiger partial charge in [-0.15, -0.1) is 0 Å². The number of carbonyl (C=O) groups excluding carboxylic acids is 1. The molecular formula is C26H22F6O2. The molecule has 1 unspecified atom stereocenters. The highest BCUT2D eigenvalue weighted by atomic mass is 19.4. The van der Waals surface area contributed by atoms with E-state index in [1.807, 2.05) is 13.8 Å². The van der Waals surface area contributed by atoms with E-state index in [1.54, 1.807) is 6.07 Å². The molecule has 0 aliphatic rings. The van der Waals surface area contributed by atoms with Crippen molar-refractivity contribution in [2.24, 2.45) is 5.92 Å². The van der Waals surface area contributed by atoms with Gasteiger partial charge in [0.2, 0.25) is 0 Å². The highest BCUT2D eigenvalue weighted by molar-refractivity contribution is 5.84. The minimum Gasteiger partial charge on any atom is -0.457 e. The van der Waals surface area contributed by atoms with Crippen molar-refractivity contribution < 1.29 is 35.9 Å². The third-order valence-corrected chi connectivity index (χ3v) is 5.27. The van der Waals surface area contributed by atoms with Crippen molar-refractivity contribution in [1.82, 2.24) is 0 Å². The molecule has 0 aromatic heterocycles. The fourth-order valence-corrected chi connectivity index (χ4v) is 3.64. The second kappa shape index (κ2) is 9.91. The van der Waals surface area contributed by atoms with Crippen LogP contribution in [0, 0.1) is 23.4 Å². The first-order valence-corrected chi connectivity index (χ1v) is 10.5. The SMILES string of the molecule is CC(=O)C(CC(C)C)c1cc(Oc2cc(F)c(F)c(F)c2)cc(-c2ccc(C(F)(F)F)cc2)c1.